The first-order chi connectivity index (χ1) is 20.8. The zero-order valence-electron chi connectivity index (χ0n) is 23.3. The predicted molar refractivity (Wildman–Crippen MR) is 145 cm³/mol. The van der Waals surface area contributed by atoms with Crippen LogP contribution in [0.15, 0.2) is 39.5 Å². The predicted octanol–water partition coefficient (Wildman–Crippen LogP) is -1.38. The third-order valence-corrected chi connectivity index (χ3v) is 7.52. The van der Waals surface area contributed by atoms with Crippen LogP contribution in [0.2, 0.25) is 0 Å². The van der Waals surface area contributed by atoms with Gasteiger partial charge in [-0.2, -0.15) is 0 Å². The average Bonchev–Trinajstić information content (AvgIpc) is 2.99. The van der Waals surface area contributed by atoms with Gasteiger partial charge in [0.2, 0.25) is 17.5 Å². The van der Waals surface area contributed by atoms with Gasteiger partial charge in [-0.3, -0.25) is 4.79 Å². The minimum absolute atomic E-state index is 0.0973. The highest BCUT2D eigenvalue weighted by Gasteiger charge is 2.47. The van der Waals surface area contributed by atoms with Gasteiger partial charge in [0.15, 0.2) is 23.5 Å². The molecule has 2 aliphatic rings. The van der Waals surface area contributed by atoms with Crippen LogP contribution in [-0.2, 0) is 14.2 Å². The molecule has 0 unspecified atom stereocenters. The lowest BCUT2D eigenvalue weighted by atomic mass is 9.98. The van der Waals surface area contributed by atoms with Crippen LogP contribution in [-0.4, -0.2) is 121 Å². The van der Waals surface area contributed by atoms with Gasteiger partial charge in [-0.05, 0) is 25.1 Å². The van der Waals surface area contributed by atoms with Crippen molar-refractivity contribution in [2.24, 2.45) is 0 Å². The summed E-state index contributed by atoms with van der Waals surface area (Å²) in [5.41, 5.74) is -1.17. The molecule has 0 radical (unpaired) electrons. The van der Waals surface area contributed by atoms with Crippen LogP contribution in [0.25, 0.3) is 22.3 Å². The summed E-state index contributed by atoms with van der Waals surface area (Å²) in [6.45, 7) is 0.912. The van der Waals surface area contributed by atoms with Crippen molar-refractivity contribution in [3.8, 4) is 40.1 Å². The number of hydrogen-bond donors (Lipinski definition) is 9. The van der Waals surface area contributed by atoms with Gasteiger partial charge in [-0.15, -0.1) is 0 Å². The smallest absolute Gasteiger partial charge is 0.238 e. The van der Waals surface area contributed by atoms with Gasteiger partial charge in [0, 0.05) is 17.7 Å². The number of ether oxygens (including phenoxy) is 5. The van der Waals surface area contributed by atoms with E-state index in [-0.39, 0.29) is 34.2 Å². The van der Waals surface area contributed by atoms with E-state index < -0.39 is 90.3 Å². The maximum Gasteiger partial charge on any atom is 0.238 e. The van der Waals surface area contributed by atoms with E-state index in [0.717, 1.165) is 12.1 Å². The highest BCUT2D eigenvalue weighted by atomic mass is 16.7. The lowest BCUT2D eigenvalue weighted by molar-refractivity contribution is -0.318. The van der Waals surface area contributed by atoms with Crippen molar-refractivity contribution in [3.63, 3.8) is 0 Å². The standard InChI is InChI=1S/C28H32O16/c1-9-18(31)21(34)24(37)27(41-9)40-8-16-19(32)22(35)25(38)28(44-16)42-11-6-13(30)17-15(7-11)43-26(23(36)20(17)33)10-3-4-14(39-2)12(29)5-10/h3-7,9,16,18-19,21-22,24-25,27-32,34-38H,8H2,1-2H3/t9-,16-,18-,19-,21-,22-,24-,25+,27+,28+/m0/s1. The van der Waals surface area contributed by atoms with Crippen LogP contribution < -0.4 is 14.9 Å². The molecule has 0 bridgehead atoms. The van der Waals surface area contributed by atoms with Gasteiger partial charge in [-0.25, -0.2) is 0 Å². The largest absolute Gasteiger partial charge is 0.507 e. The molecule has 2 aromatic carbocycles. The van der Waals surface area contributed by atoms with Crippen LogP contribution in [0.1, 0.15) is 6.92 Å². The molecule has 9 N–H and O–H groups in total. The number of aliphatic hydroxyl groups excluding tert-OH is 6. The average molecular weight is 625 g/mol. The van der Waals surface area contributed by atoms with Crippen molar-refractivity contribution in [1.82, 2.24) is 0 Å². The maximum absolute atomic E-state index is 12.9. The van der Waals surface area contributed by atoms with E-state index in [0.29, 0.717) is 0 Å². The second kappa shape index (κ2) is 12.4. The Hall–Kier alpha value is -3.71. The molecule has 2 fully saturated rings. The summed E-state index contributed by atoms with van der Waals surface area (Å²) in [5.74, 6) is -2.27. The van der Waals surface area contributed by atoms with Gasteiger partial charge < -0.3 is 74.1 Å². The van der Waals surface area contributed by atoms with E-state index in [2.05, 4.69) is 0 Å². The normalized spacial score (nSPS) is 32.5. The Balaban J connectivity index is 1.39. The lowest BCUT2D eigenvalue weighted by Gasteiger charge is -2.42. The molecule has 44 heavy (non-hydrogen) atoms. The van der Waals surface area contributed by atoms with Crippen molar-refractivity contribution in [3.05, 3.63) is 40.6 Å². The Kier molecular flexibility index (Phi) is 8.90. The van der Waals surface area contributed by atoms with Crippen molar-refractivity contribution >= 4 is 11.0 Å². The number of aromatic hydroxyl groups is 3. The van der Waals surface area contributed by atoms with Gasteiger partial charge in [0.25, 0.3) is 0 Å². The molecular formula is C28H32O16. The molecular weight excluding hydrogens is 592 g/mol. The minimum atomic E-state index is -1.82. The number of phenols is 2. The van der Waals surface area contributed by atoms with Crippen LogP contribution >= 0.6 is 0 Å². The maximum atomic E-state index is 12.9. The second-order valence-electron chi connectivity index (χ2n) is 10.5. The summed E-state index contributed by atoms with van der Waals surface area (Å²) in [6, 6.07) is 6.08. The van der Waals surface area contributed by atoms with Crippen molar-refractivity contribution in [2.45, 2.75) is 68.3 Å². The Labute approximate surface area is 248 Å². The van der Waals surface area contributed by atoms with E-state index in [4.69, 9.17) is 28.1 Å². The Morgan fingerprint density at radius 3 is 2.16 bits per heavy atom. The molecule has 0 aliphatic carbocycles. The zero-order chi connectivity index (χ0) is 32.0. The third kappa shape index (κ3) is 5.74. The Morgan fingerprint density at radius 2 is 1.48 bits per heavy atom. The first-order valence-electron chi connectivity index (χ1n) is 13.4. The highest BCUT2D eigenvalue weighted by molar-refractivity contribution is 5.88. The summed E-state index contributed by atoms with van der Waals surface area (Å²) >= 11 is 0. The molecule has 10 atom stereocenters. The molecule has 0 spiro atoms. The quantitative estimate of drug-likeness (QED) is 0.147. The van der Waals surface area contributed by atoms with Crippen molar-refractivity contribution in [2.75, 3.05) is 13.7 Å². The van der Waals surface area contributed by atoms with Gasteiger partial charge >= 0.3 is 0 Å². The summed E-state index contributed by atoms with van der Waals surface area (Å²) in [4.78, 5) is 12.9. The number of aliphatic hydroxyl groups is 6. The van der Waals surface area contributed by atoms with Crippen LogP contribution in [0.5, 0.6) is 28.7 Å². The van der Waals surface area contributed by atoms with E-state index in [1.54, 1.807) is 0 Å². The first-order valence-corrected chi connectivity index (χ1v) is 13.4. The summed E-state index contributed by atoms with van der Waals surface area (Å²) in [7, 11) is 1.34. The number of benzene rings is 2. The molecule has 2 aliphatic heterocycles. The third-order valence-electron chi connectivity index (χ3n) is 7.52. The minimum Gasteiger partial charge on any atom is -0.507 e. The van der Waals surface area contributed by atoms with Gasteiger partial charge in [-0.1, -0.05) is 0 Å². The molecule has 1 aromatic heterocycles. The van der Waals surface area contributed by atoms with Crippen LogP contribution in [0, 0.1) is 0 Å². The zero-order valence-corrected chi connectivity index (χ0v) is 23.3. The van der Waals surface area contributed by atoms with E-state index in [9.17, 15) is 50.8 Å². The molecule has 16 heteroatoms. The number of methoxy groups -OCH3 is 1. The fourth-order valence-electron chi connectivity index (χ4n) is 4.99. The van der Waals surface area contributed by atoms with Crippen LogP contribution in [0.4, 0.5) is 0 Å². The molecule has 16 nitrogen and oxygen atoms in total. The molecule has 240 valence electrons. The number of phenolic OH excluding ortho intramolecular Hbond substituents is 2. The van der Waals surface area contributed by atoms with Crippen molar-refractivity contribution in [1.29, 1.82) is 0 Å². The summed E-state index contributed by atoms with van der Waals surface area (Å²) in [6.07, 6.45) is -15.3. The molecule has 0 amide bonds. The molecule has 3 heterocycles. The fourth-order valence-corrected chi connectivity index (χ4v) is 4.99. The molecule has 2 saturated heterocycles. The number of fused-ring (bicyclic) bond motifs is 1. The molecule has 0 saturated carbocycles. The molecule has 5 rings (SSSR count). The Bertz CT molecular complexity index is 1560. The highest BCUT2D eigenvalue weighted by Crippen LogP contribution is 2.39. The van der Waals surface area contributed by atoms with E-state index in [1.807, 2.05) is 0 Å². The first kappa shape index (κ1) is 31.7. The van der Waals surface area contributed by atoms with E-state index in [1.165, 1.54) is 32.2 Å². The van der Waals surface area contributed by atoms with Crippen molar-refractivity contribution < 1.29 is 74.1 Å². The van der Waals surface area contributed by atoms with E-state index >= 15 is 0 Å². The Morgan fingerprint density at radius 1 is 0.795 bits per heavy atom. The number of hydrogen-bond acceptors (Lipinski definition) is 16. The van der Waals surface area contributed by atoms with Gasteiger partial charge in [0.05, 0.1) is 19.8 Å². The molecule has 3 aromatic rings. The fraction of sp³-hybridized carbons (Fsp3) is 0.464. The summed E-state index contributed by atoms with van der Waals surface area (Å²) < 4.78 is 32.7. The SMILES string of the molecule is COc1ccc(-c2oc3cc(O[C@@H]4O[C@@H](CO[C@@H]5O[C@@H](C)[C@H](O)[C@H](O)[C@@H]5O)[C@H](O)[C@H](O)[C@H]4O)cc(O)c3c(=O)c2O)cc1O. The number of rotatable bonds is 7. The topological polar surface area (TPSA) is 258 Å². The van der Waals surface area contributed by atoms with Gasteiger partial charge in [0.1, 0.15) is 65.2 Å². The second-order valence-corrected chi connectivity index (χ2v) is 10.5. The lowest BCUT2D eigenvalue weighted by Crippen LogP contribution is -2.61. The van der Waals surface area contributed by atoms with Crippen LogP contribution in [0.3, 0.4) is 0 Å². The monoisotopic (exact) mass is 624 g/mol. The summed E-state index contributed by atoms with van der Waals surface area (Å²) in [5, 5.41) is 92.3.